The maximum Gasteiger partial charge on any atom is 0.246 e. The lowest BCUT2D eigenvalue weighted by Gasteiger charge is -2.57. The Morgan fingerprint density at radius 2 is 1.72 bits per heavy atom. The summed E-state index contributed by atoms with van der Waals surface area (Å²) >= 11 is 0. The number of carbonyl (C=O) groups excluding carboxylic acids is 1. The Kier molecular flexibility index (Phi) is 4.74. The Labute approximate surface area is 172 Å². The van der Waals surface area contributed by atoms with Crippen molar-refractivity contribution in [1.82, 2.24) is 9.62 Å². The summed E-state index contributed by atoms with van der Waals surface area (Å²) in [5.41, 5.74) is -0.0698. The lowest BCUT2D eigenvalue weighted by Crippen LogP contribution is -2.60. The molecule has 0 spiro atoms. The molecular weight excluding hydrogens is 391 g/mol. The summed E-state index contributed by atoms with van der Waals surface area (Å²) in [6.07, 6.45) is 8.66. The maximum atomic E-state index is 14.1. The van der Waals surface area contributed by atoms with E-state index in [1.807, 2.05) is 0 Å². The Morgan fingerprint density at radius 3 is 2.34 bits per heavy atom. The fraction of sp³-hybridized carbons (Fsp3) is 0.682. The first-order valence-electron chi connectivity index (χ1n) is 10.9. The van der Waals surface area contributed by atoms with Crippen molar-refractivity contribution in [3.63, 3.8) is 0 Å². The van der Waals surface area contributed by atoms with Crippen molar-refractivity contribution in [3.8, 4) is 0 Å². The molecule has 4 aliphatic carbocycles. The number of nitrogens with zero attached hydrogens (tertiary/aromatic N) is 1. The third-order valence-corrected chi connectivity index (χ3v) is 9.60. The van der Waals surface area contributed by atoms with Crippen LogP contribution >= 0.6 is 0 Å². The van der Waals surface area contributed by atoms with E-state index in [1.165, 1.54) is 41.8 Å². The molecule has 4 bridgehead atoms. The lowest BCUT2D eigenvalue weighted by molar-refractivity contribution is -0.127. The molecule has 5 aliphatic rings. The fourth-order valence-electron chi connectivity index (χ4n) is 6.93. The Morgan fingerprint density at radius 1 is 1.10 bits per heavy atom. The smallest absolute Gasteiger partial charge is 0.246 e. The molecule has 1 amide bonds. The minimum Gasteiger partial charge on any atom is -0.351 e. The van der Waals surface area contributed by atoms with Crippen LogP contribution < -0.4 is 5.32 Å². The second kappa shape index (κ2) is 7.05. The minimum atomic E-state index is -3.94. The van der Waals surface area contributed by atoms with Crippen LogP contribution in [-0.2, 0) is 14.8 Å². The molecular formula is C22H29FN2O3S. The summed E-state index contributed by atoms with van der Waals surface area (Å²) in [5.74, 6) is 1.44. The molecule has 0 aromatic heterocycles. The number of carbonyl (C=O) groups is 1. The number of hydrogen-bond donors (Lipinski definition) is 1. The van der Waals surface area contributed by atoms with Gasteiger partial charge in [0.05, 0.1) is 0 Å². The highest BCUT2D eigenvalue weighted by atomic mass is 32.2. The number of nitrogens with one attached hydrogen (secondary N) is 1. The second-order valence-corrected chi connectivity index (χ2v) is 11.7. The summed E-state index contributed by atoms with van der Waals surface area (Å²) in [6, 6.07) is 5.08. The van der Waals surface area contributed by atoms with Gasteiger partial charge in [0, 0.05) is 24.5 Å². The van der Waals surface area contributed by atoms with Crippen LogP contribution in [0.2, 0.25) is 0 Å². The number of hydrogen-bond acceptors (Lipinski definition) is 3. The highest BCUT2D eigenvalue weighted by Crippen LogP contribution is 2.55. The van der Waals surface area contributed by atoms with E-state index in [0.717, 1.165) is 43.1 Å². The average molecular weight is 421 g/mol. The van der Waals surface area contributed by atoms with E-state index in [4.69, 9.17) is 0 Å². The molecule has 1 aromatic carbocycles. The normalized spacial score (nSPS) is 36.4. The molecule has 5 fully saturated rings. The third-order valence-electron chi connectivity index (χ3n) is 7.61. The molecule has 1 atom stereocenters. The van der Waals surface area contributed by atoms with Crippen LogP contribution in [0.5, 0.6) is 0 Å². The summed E-state index contributed by atoms with van der Waals surface area (Å²) in [7, 11) is -3.94. The molecule has 4 saturated carbocycles. The van der Waals surface area contributed by atoms with E-state index >= 15 is 0 Å². The SMILES string of the molecule is O=C(CC1CCCN1S(=O)(=O)c1ccccc1F)NC12CC3CC(CC(C3)C1)C2. The van der Waals surface area contributed by atoms with Gasteiger partial charge in [-0.3, -0.25) is 4.79 Å². The topological polar surface area (TPSA) is 66.5 Å². The number of benzene rings is 1. The second-order valence-electron chi connectivity index (χ2n) is 9.79. The van der Waals surface area contributed by atoms with Crippen LogP contribution in [0.25, 0.3) is 0 Å². The zero-order valence-electron chi connectivity index (χ0n) is 16.6. The molecule has 1 N–H and O–H groups in total. The van der Waals surface area contributed by atoms with E-state index in [-0.39, 0.29) is 22.8 Å². The molecule has 5 nitrogen and oxygen atoms in total. The molecule has 1 unspecified atom stereocenters. The van der Waals surface area contributed by atoms with Gasteiger partial charge >= 0.3 is 0 Å². The van der Waals surface area contributed by atoms with Gasteiger partial charge in [0.1, 0.15) is 10.7 Å². The molecule has 1 aliphatic heterocycles. The molecule has 1 saturated heterocycles. The lowest BCUT2D eigenvalue weighted by atomic mass is 9.53. The zero-order valence-corrected chi connectivity index (χ0v) is 17.5. The van der Waals surface area contributed by atoms with Crippen LogP contribution in [0.15, 0.2) is 29.2 Å². The van der Waals surface area contributed by atoms with E-state index < -0.39 is 21.9 Å². The van der Waals surface area contributed by atoms with Crippen molar-refractivity contribution < 1.29 is 17.6 Å². The van der Waals surface area contributed by atoms with Gasteiger partial charge in [0.25, 0.3) is 0 Å². The molecule has 7 heteroatoms. The van der Waals surface area contributed by atoms with E-state index in [1.54, 1.807) is 0 Å². The predicted molar refractivity (Wildman–Crippen MR) is 107 cm³/mol. The van der Waals surface area contributed by atoms with E-state index in [0.29, 0.717) is 19.4 Å². The summed E-state index contributed by atoms with van der Waals surface area (Å²) in [4.78, 5) is 12.7. The molecule has 1 heterocycles. The summed E-state index contributed by atoms with van der Waals surface area (Å²) < 4.78 is 41.5. The highest BCUT2D eigenvalue weighted by molar-refractivity contribution is 7.89. The number of halogens is 1. The Bertz CT molecular complexity index is 881. The van der Waals surface area contributed by atoms with Gasteiger partial charge in [-0.2, -0.15) is 4.31 Å². The summed E-state index contributed by atoms with van der Waals surface area (Å²) in [5, 5.41) is 3.34. The van der Waals surface area contributed by atoms with Crippen LogP contribution in [0, 0.1) is 23.6 Å². The zero-order chi connectivity index (χ0) is 20.2. The fourth-order valence-corrected chi connectivity index (χ4v) is 8.69. The van der Waals surface area contributed by atoms with Crippen molar-refractivity contribution in [1.29, 1.82) is 0 Å². The standard InChI is InChI=1S/C22H29FN2O3S/c23-19-5-1-2-6-20(19)29(27,28)25-7-3-4-18(25)11-21(26)24-22-12-15-8-16(13-22)10-17(9-15)14-22/h1-2,5-6,15-18H,3-4,7-14H2,(H,24,26). The number of sulfonamides is 1. The van der Waals surface area contributed by atoms with Crippen molar-refractivity contribution in [3.05, 3.63) is 30.1 Å². The monoisotopic (exact) mass is 420 g/mol. The van der Waals surface area contributed by atoms with Crippen LogP contribution in [-0.4, -0.2) is 36.8 Å². The average Bonchev–Trinajstić information content (AvgIpc) is 3.09. The molecule has 29 heavy (non-hydrogen) atoms. The molecule has 0 radical (unpaired) electrons. The van der Waals surface area contributed by atoms with Crippen molar-refractivity contribution in [2.45, 2.75) is 74.3 Å². The largest absolute Gasteiger partial charge is 0.351 e. The van der Waals surface area contributed by atoms with Gasteiger partial charge in [-0.1, -0.05) is 12.1 Å². The van der Waals surface area contributed by atoms with Gasteiger partial charge in [0.15, 0.2) is 0 Å². The first-order chi connectivity index (χ1) is 13.8. The summed E-state index contributed by atoms with van der Waals surface area (Å²) in [6.45, 7) is 0.339. The van der Waals surface area contributed by atoms with Crippen molar-refractivity contribution >= 4 is 15.9 Å². The van der Waals surface area contributed by atoms with Gasteiger partial charge in [-0.25, -0.2) is 12.8 Å². The first kappa shape index (κ1) is 19.5. The third kappa shape index (κ3) is 3.50. The molecule has 1 aromatic rings. The van der Waals surface area contributed by atoms with Gasteiger partial charge < -0.3 is 5.32 Å². The number of amides is 1. The van der Waals surface area contributed by atoms with Gasteiger partial charge in [-0.15, -0.1) is 0 Å². The van der Waals surface area contributed by atoms with Crippen LogP contribution in [0.4, 0.5) is 4.39 Å². The van der Waals surface area contributed by atoms with Crippen LogP contribution in [0.3, 0.4) is 0 Å². The van der Waals surface area contributed by atoms with E-state index in [2.05, 4.69) is 5.32 Å². The molecule has 6 rings (SSSR count). The Balaban J connectivity index is 1.29. The van der Waals surface area contributed by atoms with Crippen molar-refractivity contribution in [2.24, 2.45) is 17.8 Å². The quantitative estimate of drug-likeness (QED) is 0.793. The van der Waals surface area contributed by atoms with Crippen LogP contribution in [0.1, 0.15) is 57.8 Å². The molecule has 158 valence electrons. The number of rotatable bonds is 5. The maximum absolute atomic E-state index is 14.1. The van der Waals surface area contributed by atoms with Crippen molar-refractivity contribution in [2.75, 3.05) is 6.54 Å². The van der Waals surface area contributed by atoms with Gasteiger partial charge in [-0.05, 0) is 81.3 Å². The van der Waals surface area contributed by atoms with Gasteiger partial charge in [0.2, 0.25) is 15.9 Å². The Hall–Kier alpha value is -1.47. The highest BCUT2D eigenvalue weighted by Gasteiger charge is 2.51. The van der Waals surface area contributed by atoms with E-state index in [9.17, 15) is 17.6 Å². The first-order valence-corrected chi connectivity index (χ1v) is 12.4. The predicted octanol–water partition coefficient (Wildman–Crippen LogP) is 3.45. The minimum absolute atomic E-state index is 0.0485.